The maximum absolute atomic E-state index is 13.1. The van der Waals surface area contributed by atoms with E-state index < -0.39 is 0 Å². The average molecular weight is 405 g/mol. The molecule has 0 aromatic heterocycles. The van der Waals surface area contributed by atoms with E-state index in [1.807, 2.05) is 31.2 Å². The smallest absolute Gasteiger partial charge is 0.278 e. The van der Waals surface area contributed by atoms with Crippen molar-refractivity contribution in [3.63, 3.8) is 0 Å². The third-order valence-corrected chi connectivity index (χ3v) is 4.96. The minimum atomic E-state index is -0.323. The fraction of sp³-hybridized carbons (Fsp3) is 0.292. The van der Waals surface area contributed by atoms with Crippen molar-refractivity contribution in [2.75, 3.05) is 17.2 Å². The molecule has 1 aliphatic rings. The molecule has 0 bridgehead atoms. The second-order valence-corrected chi connectivity index (χ2v) is 7.67. The van der Waals surface area contributed by atoms with Gasteiger partial charge in [0.25, 0.3) is 11.8 Å². The minimum Gasteiger partial charge on any atom is -0.350 e. The first-order valence-corrected chi connectivity index (χ1v) is 10.2. The summed E-state index contributed by atoms with van der Waals surface area (Å²) in [6.07, 6.45) is 0.683. The van der Waals surface area contributed by atoms with Gasteiger partial charge in [0.1, 0.15) is 5.70 Å². The van der Waals surface area contributed by atoms with Crippen LogP contribution in [0.25, 0.3) is 5.57 Å². The highest BCUT2D eigenvalue weighted by Gasteiger charge is 2.38. The molecule has 1 heterocycles. The molecular formula is C24H27N3O3. The lowest BCUT2D eigenvalue weighted by molar-refractivity contribution is -0.136. The summed E-state index contributed by atoms with van der Waals surface area (Å²) in [5.74, 6) is -0.396. The van der Waals surface area contributed by atoms with Crippen LogP contribution in [0.1, 0.15) is 51.2 Å². The van der Waals surface area contributed by atoms with Gasteiger partial charge >= 0.3 is 0 Å². The summed E-state index contributed by atoms with van der Waals surface area (Å²) in [4.78, 5) is 38.6. The van der Waals surface area contributed by atoms with Crippen molar-refractivity contribution in [2.45, 2.75) is 40.0 Å². The number of rotatable bonds is 7. The highest BCUT2D eigenvalue weighted by molar-refractivity contribution is 6.36. The molecule has 2 aromatic rings. The van der Waals surface area contributed by atoms with Crippen LogP contribution in [-0.2, 0) is 14.4 Å². The third kappa shape index (κ3) is 4.43. The first kappa shape index (κ1) is 21.3. The Morgan fingerprint density at radius 3 is 2.07 bits per heavy atom. The van der Waals surface area contributed by atoms with Gasteiger partial charge in [0.2, 0.25) is 5.91 Å². The van der Waals surface area contributed by atoms with E-state index in [0.717, 1.165) is 5.69 Å². The number of carbonyl (C=O) groups is 3. The molecule has 156 valence electrons. The number of imide groups is 1. The van der Waals surface area contributed by atoms with E-state index in [1.54, 1.807) is 24.3 Å². The van der Waals surface area contributed by atoms with Crippen LogP contribution in [0, 0.1) is 0 Å². The summed E-state index contributed by atoms with van der Waals surface area (Å²) in [5.41, 5.74) is 3.83. The van der Waals surface area contributed by atoms with Crippen LogP contribution in [-0.4, -0.2) is 29.2 Å². The van der Waals surface area contributed by atoms with E-state index in [2.05, 4.69) is 24.5 Å². The quantitative estimate of drug-likeness (QED) is 0.671. The first-order valence-electron chi connectivity index (χ1n) is 10.2. The van der Waals surface area contributed by atoms with Crippen LogP contribution >= 0.6 is 0 Å². The van der Waals surface area contributed by atoms with Gasteiger partial charge in [-0.2, -0.15) is 0 Å². The summed E-state index contributed by atoms with van der Waals surface area (Å²) in [6, 6.07) is 14.8. The predicted molar refractivity (Wildman–Crippen MR) is 119 cm³/mol. The average Bonchev–Trinajstić information content (AvgIpc) is 2.93. The SMILES string of the molecule is CCCN1C(=O)C(Nc2ccc(C(C)C)cc2)=C(c2ccc(NC(C)=O)cc2)C1=O. The van der Waals surface area contributed by atoms with Crippen LogP contribution in [0.4, 0.5) is 11.4 Å². The van der Waals surface area contributed by atoms with Crippen LogP contribution in [0.5, 0.6) is 0 Å². The number of hydrogen-bond acceptors (Lipinski definition) is 4. The Morgan fingerprint density at radius 2 is 1.53 bits per heavy atom. The second kappa shape index (κ2) is 8.95. The maximum Gasteiger partial charge on any atom is 0.278 e. The molecule has 0 atom stereocenters. The largest absolute Gasteiger partial charge is 0.350 e. The molecule has 0 unspecified atom stereocenters. The second-order valence-electron chi connectivity index (χ2n) is 7.67. The molecule has 6 nitrogen and oxygen atoms in total. The molecule has 3 rings (SSSR count). The summed E-state index contributed by atoms with van der Waals surface area (Å²) in [7, 11) is 0. The summed E-state index contributed by atoms with van der Waals surface area (Å²) in [6.45, 7) is 7.97. The van der Waals surface area contributed by atoms with E-state index in [1.165, 1.54) is 17.4 Å². The van der Waals surface area contributed by atoms with Crippen molar-refractivity contribution < 1.29 is 14.4 Å². The Bertz CT molecular complexity index is 989. The first-order chi connectivity index (χ1) is 14.3. The Morgan fingerprint density at radius 1 is 0.933 bits per heavy atom. The van der Waals surface area contributed by atoms with E-state index in [-0.39, 0.29) is 23.4 Å². The number of amides is 3. The molecule has 1 aliphatic heterocycles. The number of benzene rings is 2. The molecule has 0 spiro atoms. The highest BCUT2D eigenvalue weighted by atomic mass is 16.2. The molecular weight excluding hydrogens is 378 g/mol. The van der Waals surface area contributed by atoms with Gasteiger partial charge < -0.3 is 10.6 Å². The number of carbonyl (C=O) groups excluding carboxylic acids is 3. The zero-order valence-corrected chi connectivity index (χ0v) is 17.8. The Labute approximate surface area is 177 Å². The van der Waals surface area contributed by atoms with Gasteiger partial charge in [-0.3, -0.25) is 19.3 Å². The lowest BCUT2D eigenvalue weighted by Gasteiger charge is -2.14. The molecule has 6 heteroatoms. The van der Waals surface area contributed by atoms with Gasteiger partial charge in [-0.25, -0.2) is 0 Å². The van der Waals surface area contributed by atoms with Gasteiger partial charge in [0.05, 0.1) is 5.57 Å². The molecule has 2 N–H and O–H groups in total. The van der Waals surface area contributed by atoms with Gasteiger partial charge in [0, 0.05) is 24.8 Å². The Hall–Kier alpha value is -3.41. The molecule has 30 heavy (non-hydrogen) atoms. The van der Waals surface area contributed by atoms with E-state index in [4.69, 9.17) is 0 Å². The molecule has 0 saturated heterocycles. The third-order valence-electron chi connectivity index (χ3n) is 4.96. The highest BCUT2D eigenvalue weighted by Crippen LogP contribution is 2.31. The zero-order chi connectivity index (χ0) is 21.8. The van der Waals surface area contributed by atoms with Crippen molar-refractivity contribution >= 4 is 34.7 Å². The van der Waals surface area contributed by atoms with Crippen molar-refractivity contribution in [1.29, 1.82) is 0 Å². The van der Waals surface area contributed by atoms with Crippen molar-refractivity contribution in [3.05, 3.63) is 65.4 Å². The van der Waals surface area contributed by atoms with E-state index in [0.29, 0.717) is 35.7 Å². The topological polar surface area (TPSA) is 78.5 Å². The van der Waals surface area contributed by atoms with Gasteiger partial charge in [-0.05, 0) is 47.7 Å². The van der Waals surface area contributed by atoms with Gasteiger partial charge in [-0.15, -0.1) is 0 Å². The van der Waals surface area contributed by atoms with Crippen LogP contribution in [0.3, 0.4) is 0 Å². The van der Waals surface area contributed by atoms with Gasteiger partial charge in [-0.1, -0.05) is 45.0 Å². The van der Waals surface area contributed by atoms with Crippen molar-refractivity contribution in [3.8, 4) is 0 Å². The number of anilines is 2. The normalized spacial score (nSPS) is 14.0. The lowest BCUT2D eigenvalue weighted by Crippen LogP contribution is -2.33. The molecule has 2 aromatic carbocycles. The fourth-order valence-corrected chi connectivity index (χ4v) is 3.41. The number of hydrogen-bond donors (Lipinski definition) is 2. The molecule has 0 aliphatic carbocycles. The monoisotopic (exact) mass is 405 g/mol. The van der Waals surface area contributed by atoms with E-state index in [9.17, 15) is 14.4 Å². The van der Waals surface area contributed by atoms with Crippen LogP contribution in [0.15, 0.2) is 54.2 Å². The molecule has 0 radical (unpaired) electrons. The fourth-order valence-electron chi connectivity index (χ4n) is 3.41. The molecule has 0 saturated carbocycles. The maximum atomic E-state index is 13.1. The molecule has 3 amide bonds. The molecule has 0 fully saturated rings. The number of nitrogens with zero attached hydrogens (tertiary/aromatic N) is 1. The predicted octanol–water partition coefficient (Wildman–Crippen LogP) is 4.37. The van der Waals surface area contributed by atoms with Crippen molar-refractivity contribution in [1.82, 2.24) is 4.90 Å². The zero-order valence-electron chi connectivity index (χ0n) is 17.8. The van der Waals surface area contributed by atoms with Crippen LogP contribution < -0.4 is 10.6 Å². The lowest BCUT2D eigenvalue weighted by atomic mass is 10.0. The summed E-state index contributed by atoms with van der Waals surface area (Å²) < 4.78 is 0. The Balaban J connectivity index is 1.98. The minimum absolute atomic E-state index is 0.171. The Kier molecular flexibility index (Phi) is 6.35. The van der Waals surface area contributed by atoms with Crippen LogP contribution in [0.2, 0.25) is 0 Å². The number of nitrogens with one attached hydrogen (secondary N) is 2. The van der Waals surface area contributed by atoms with Crippen molar-refractivity contribution in [2.24, 2.45) is 0 Å². The summed E-state index contributed by atoms with van der Waals surface area (Å²) >= 11 is 0. The van der Waals surface area contributed by atoms with Gasteiger partial charge in [0.15, 0.2) is 0 Å². The standard InChI is InChI=1S/C24H27N3O3/c1-5-14-27-23(29)21(18-8-12-19(13-9-18)25-16(4)28)22(24(27)30)26-20-10-6-17(7-11-20)15(2)3/h6-13,15,26H,5,14H2,1-4H3,(H,25,28). The summed E-state index contributed by atoms with van der Waals surface area (Å²) in [5, 5.41) is 5.87. The van der Waals surface area contributed by atoms with E-state index >= 15 is 0 Å².